The summed E-state index contributed by atoms with van der Waals surface area (Å²) in [5, 5.41) is 22.4. The molecule has 0 N–H and O–H groups in total. The number of nitrogens with zero attached hydrogens (tertiary/aromatic N) is 3. The lowest BCUT2D eigenvalue weighted by Crippen LogP contribution is -2.46. The van der Waals surface area contributed by atoms with E-state index in [4.69, 9.17) is 14.2 Å². The first-order chi connectivity index (χ1) is 19.2. The summed E-state index contributed by atoms with van der Waals surface area (Å²) < 4.78 is 16.4. The van der Waals surface area contributed by atoms with Crippen LogP contribution in [0.3, 0.4) is 0 Å². The first kappa shape index (κ1) is 27.7. The lowest BCUT2D eigenvalue weighted by Gasteiger charge is -2.40. The van der Waals surface area contributed by atoms with Crippen LogP contribution >= 0.6 is 0 Å². The maximum absolute atomic E-state index is 13.3. The van der Waals surface area contributed by atoms with Gasteiger partial charge in [0.2, 0.25) is 0 Å². The number of carbonyl (C=O) groups excluding carboxylic acids is 2. The van der Waals surface area contributed by atoms with Crippen LogP contribution in [0.25, 0.3) is 6.08 Å². The number of hydrogen-bond acceptors (Lipinski definition) is 10. The highest BCUT2D eigenvalue weighted by Crippen LogP contribution is 2.41. The van der Waals surface area contributed by atoms with Crippen molar-refractivity contribution in [3.63, 3.8) is 0 Å². The van der Waals surface area contributed by atoms with Gasteiger partial charge in [-0.25, -0.2) is 9.59 Å². The van der Waals surface area contributed by atoms with Crippen molar-refractivity contribution >= 4 is 35.1 Å². The summed E-state index contributed by atoms with van der Waals surface area (Å²) in [5.41, 5.74) is 0.643. The van der Waals surface area contributed by atoms with Gasteiger partial charge in [0.25, 0.3) is 11.4 Å². The standard InChI is InChI=1S/C28H23N3O9/c1-38-27(32)24-25(28(33)39-2)29(20-13-15-22(16-14-20)31(36)37)23(17-8-18-6-4-3-5-7-18)40-26(24)19-9-11-21(12-10-19)30(34)35/h3-17,23,26H,1-2H3/b17-8+/t23-,26-/m0/s1. The fourth-order valence-electron chi connectivity index (χ4n) is 4.18. The van der Waals surface area contributed by atoms with Crippen LogP contribution in [0.5, 0.6) is 0 Å². The van der Waals surface area contributed by atoms with E-state index < -0.39 is 34.1 Å². The van der Waals surface area contributed by atoms with E-state index in [-0.39, 0.29) is 28.3 Å². The number of esters is 2. The Labute approximate surface area is 228 Å². The number of non-ortho nitro benzene ring substituents is 2. The van der Waals surface area contributed by atoms with Crippen molar-refractivity contribution in [2.24, 2.45) is 0 Å². The van der Waals surface area contributed by atoms with E-state index in [9.17, 15) is 29.8 Å². The Morgan fingerprint density at radius 3 is 1.90 bits per heavy atom. The van der Waals surface area contributed by atoms with Gasteiger partial charge in [-0.15, -0.1) is 0 Å². The fraction of sp³-hybridized carbons (Fsp3) is 0.143. The van der Waals surface area contributed by atoms with Crippen molar-refractivity contribution in [2.45, 2.75) is 12.3 Å². The molecule has 0 bridgehead atoms. The number of rotatable bonds is 8. The molecule has 0 fully saturated rings. The Balaban J connectivity index is 1.96. The molecule has 1 heterocycles. The number of nitro benzene ring substituents is 2. The molecule has 4 rings (SSSR count). The zero-order chi connectivity index (χ0) is 28.8. The highest BCUT2D eigenvalue weighted by molar-refractivity contribution is 6.04. The molecule has 3 aromatic carbocycles. The molecular weight excluding hydrogens is 522 g/mol. The highest BCUT2D eigenvalue weighted by Gasteiger charge is 2.43. The second-order valence-electron chi connectivity index (χ2n) is 8.41. The molecule has 0 spiro atoms. The molecule has 12 nitrogen and oxygen atoms in total. The normalized spacial score (nSPS) is 17.0. The molecule has 1 aliphatic heterocycles. The first-order valence-electron chi connectivity index (χ1n) is 11.8. The zero-order valence-electron chi connectivity index (χ0n) is 21.3. The summed E-state index contributed by atoms with van der Waals surface area (Å²) >= 11 is 0. The van der Waals surface area contributed by atoms with E-state index in [2.05, 4.69) is 0 Å². The van der Waals surface area contributed by atoms with Gasteiger partial charge in [0, 0.05) is 30.0 Å². The van der Waals surface area contributed by atoms with Crippen molar-refractivity contribution < 1.29 is 33.6 Å². The van der Waals surface area contributed by atoms with E-state index in [1.54, 1.807) is 12.2 Å². The third kappa shape index (κ3) is 5.71. The highest BCUT2D eigenvalue weighted by atomic mass is 16.6. The molecule has 2 atom stereocenters. The summed E-state index contributed by atoms with van der Waals surface area (Å²) in [4.78, 5) is 49.1. The minimum absolute atomic E-state index is 0.177. The molecule has 0 saturated carbocycles. The Hall–Kier alpha value is -5.36. The molecule has 12 heteroatoms. The van der Waals surface area contributed by atoms with Crippen LogP contribution < -0.4 is 4.90 Å². The van der Waals surface area contributed by atoms with E-state index in [1.165, 1.54) is 53.4 Å². The Bertz CT molecular complexity index is 1480. The van der Waals surface area contributed by atoms with Gasteiger partial charge in [-0.3, -0.25) is 20.2 Å². The number of nitro groups is 2. The number of anilines is 1. The molecule has 0 saturated heterocycles. The van der Waals surface area contributed by atoms with Gasteiger partial charge in [0.1, 0.15) is 17.4 Å². The molecule has 40 heavy (non-hydrogen) atoms. The van der Waals surface area contributed by atoms with Crippen molar-refractivity contribution in [3.8, 4) is 0 Å². The molecule has 0 aromatic heterocycles. The van der Waals surface area contributed by atoms with Gasteiger partial charge >= 0.3 is 11.9 Å². The quantitative estimate of drug-likeness (QED) is 0.221. The van der Waals surface area contributed by atoms with Gasteiger partial charge in [0.05, 0.1) is 24.1 Å². The molecule has 0 aliphatic carbocycles. The molecule has 0 radical (unpaired) electrons. The number of methoxy groups -OCH3 is 2. The number of benzene rings is 3. The zero-order valence-corrected chi connectivity index (χ0v) is 21.3. The smallest absolute Gasteiger partial charge is 0.355 e. The van der Waals surface area contributed by atoms with Gasteiger partial charge < -0.3 is 19.1 Å². The van der Waals surface area contributed by atoms with E-state index in [1.807, 2.05) is 30.3 Å². The Kier molecular flexibility index (Phi) is 8.30. The molecular formula is C28H23N3O9. The van der Waals surface area contributed by atoms with Crippen molar-refractivity contribution in [1.29, 1.82) is 0 Å². The van der Waals surface area contributed by atoms with Crippen LogP contribution in [0.15, 0.2) is 96.2 Å². The summed E-state index contributed by atoms with van der Waals surface area (Å²) in [6.07, 6.45) is 1.16. The molecule has 0 amide bonds. The minimum atomic E-state index is -1.19. The van der Waals surface area contributed by atoms with Crippen LogP contribution in [0.4, 0.5) is 17.1 Å². The number of ether oxygens (including phenoxy) is 3. The van der Waals surface area contributed by atoms with Crippen molar-refractivity contribution in [3.05, 3.63) is 128 Å². The Morgan fingerprint density at radius 1 is 0.825 bits per heavy atom. The number of hydrogen-bond donors (Lipinski definition) is 0. The van der Waals surface area contributed by atoms with Crippen molar-refractivity contribution in [1.82, 2.24) is 0 Å². The van der Waals surface area contributed by atoms with Crippen LogP contribution in [0.2, 0.25) is 0 Å². The predicted octanol–water partition coefficient (Wildman–Crippen LogP) is 4.72. The van der Waals surface area contributed by atoms with Crippen molar-refractivity contribution in [2.75, 3.05) is 19.1 Å². The van der Waals surface area contributed by atoms with Gasteiger partial charge in [-0.05, 0) is 41.5 Å². The van der Waals surface area contributed by atoms with Crippen LogP contribution in [-0.2, 0) is 23.8 Å². The fourth-order valence-corrected chi connectivity index (χ4v) is 4.18. The average molecular weight is 546 g/mol. The Morgan fingerprint density at radius 2 is 1.38 bits per heavy atom. The van der Waals surface area contributed by atoms with Crippen LogP contribution in [0.1, 0.15) is 17.2 Å². The predicted molar refractivity (Wildman–Crippen MR) is 143 cm³/mol. The average Bonchev–Trinajstić information content (AvgIpc) is 2.99. The van der Waals surface area contributed by atoms with Crippen LogP contribution in [-0.4, -0.2) is 42.2 Å². The van der Waals surface area contributed by atoms with Gasteiger partial charge in [0.15, 0.2) is 6.23 Å². The third-order valence-electron chi connectivity index (χ3n) is 6.07. The van der Waals surface area contributed by atoms with Gasteiger partial charge in [-0.2, -0.15) is 0 Å². The summed E-state index contributed by atoms with van der Waals surface area (Å²) in [5.74, 6) is -1.80. The third-order valence-corrected chi connectivity index (χ3v) is 6.07. The second-order valence-corrected chi connectivity index (χ2v) is 8.41. The summed E-state index contributed by atoms with van der Waals surface area (Å²) in [6.45, 7) is 0. The maximum atomic E-state index is 13.3. The largest absolute Gasteiger partial charge is 0.466 e. The molecule has 1 aliphatic rings. The SMILES string of the molecule is COC(=O)C1=C(C(=O)OC)N(c2ccc([N+](=O)[O-])cc2)[C@H](/C=C/c2ccccc2)O[C@H]1c1ccc([N+](=O)[O-])cc1. The van der Waals surface area contributed by atoms with Crippen LogP contribution in [0, 0.1) is 20.2 Å². The first-order valence-corrected chi connectivity index (χ1v) is 11.8. The monoisotopic (exact) mass is 545 g/mol. The maximum Gasteiger partial charge on any atom is 0.355 e. The van der Waals surface area contributed by atoms with Gasteiger partial charge in [-0.1, -0.05) is 36.4 Å². The minimum Gasteiger partial charge on any atom is -0.466 e. The molecule has 3 aromatic rings. The summed E-state index contributed by atoms with van der Waals surface area (Å²) in [7, 11) is 2.28. The molecule has 204 valence electrons. The summed E-state index contributed by atoms with van der Waals surface area (Å²) in [6, 6.07) is 19.9. The van der Waals surface area contributed by atoms with E-state index >= 15 is 0 Å². The van der Waals surface area contributed by atoms with E-state index in [0.29, 0.717) is 5.56 Å². The lowest BCUT2D eigenvalue weighted by atomic mass is 9.95. The number of carbonyl (C=O) groups is 2. The second kappa shape index (κ2) is 12.0. The van der Waals surface area contributed by atoms with E-state index in [0.717, 1.165) is 19.8 Å². The lowest BCUT2D eigenvalue weighted by molar-refractivity contribution is -0.385. The topological polar surface area (TPSA) is 151 Å². The molecule has 0 unspecified atom stereocenters.